The van der Waals surface area contributed by atoms with Gasteiger partial charge in [0.25, 0.3) is 0 Å². The van der Waals surface area contributed by atoms with Crippen molar-refractivity contribution in [1.29, 1.82) is 0 Å². The summed E-state index contributed by atoms with van der Waals surface area (Å²) in [6.07, 6.45) is 8.34. The topological polar surface area (TPSA) is 38.9 Å². The fourth-order valence-corrected chi connectivity index (χ4v) is 2.17. The highest BCUT2D eigenvalue weighted by molar-refractivity contribution is 7.98. The molecule has 0 aliphatic heterocycles. The lowest BCUT2D eigenvalue weighted by atomic mass is 10.0. The van der Waals surface area contributed by atoms with Crippen molar-refractivity contribution in [2.45, 2.75) is 37.3 Å². The Labute approximate surface area is 82.3 Å². The fraction of sp³-hybridized carbons (Fsp3) is 0.778. The number of rotatable bonds is 3. The minimum atomic E-state index is 0.757. The van der Waals surface area contributed by atoms with Gasteiger partial charge in [-0.15, -0.1) is 0 Å². The van der Waals surface area contributed by atoms with Gasteiger partial charge in [-0.05, 0) is 25.0 Å². The molecule has 0 radical (unpaired) electrons. The molecule has 1 aromatic heterocycles. The Morgan fingerprint density at radius 3 is 2.85 bits per heavy atom. The van der Waals surface area contributed by atoms with E-state index in [0.29, 0.717) is 0 Å². The van der Waals surface area contributed by atoms with Crippen LogP contribution in [0.5, 0.6) is 0 Å². The van der Waals surface area contributed by atoms with Gasteiger partial charge in [-0.3, -0.25) is 0 Å². The van der Waals surface area contributed by atoms with Crippen molar-refractivity contribution in [3.8, 4) is 0 Å². The van der Waals surface area contributed by atoms with Crippen molar-refractivity contribution in [2.75, 3.05) is 6.26 Å². The van der Waals surface area contributed by atoms with Gasteiger partial charge in [-0.2, -0.15) is 4.98 Å². The number of aromatic nitrogens is 2. The molecule has 2 rings (SSSR count). The molecule has 0 spiro atoms. The van der Waals surface area contributed by atoms with Crippen LogP contribution in [0, 0.1) is 5.92 Å². The molecule has 0 amide bonds. The Hall–Kier alpha value is -0.510. The summed E-state index contributed by atoms with van der Waals surface area (Å²) in [5.74, 6) is 1.60. The maximum Gasteiger partial charge on any atom is 0.229 e. The van der Waals surface area contributed by atoms with Gasteiger partial charge in [0, 0.05) is 6.42 Å². The Balaban J connectivity index is 1.92. The third-order valence-electron chi connectivity index (χ3n) is 2.57. The van der Waals surface area contributed by atoms with Crippen LogP contribution in [0.3, 0.4) is 0 Å². The predicted molar refractivity (Wildman–Crippen MR) is 51.7 cm³/mol. The number of thioether (sulfide) groups is 1. The van der Waals surface area contributed by atoms with Gasteiger partial charge in [-0.1, -0.05) is 29.8 Å². The Morgan fingerprint density at radius 2 is 2.23 bits per heavy atom. The molecule has 13 heavy (non-hydrogen) atoms. The molecule has 0 N–H and O–H groups in total. The van der Waals surface area contributed by atoms with Gasteiger partial charge in [0.05, 0.1) is 0 Å². The van der Waals surface area contributed by atoms with E-state index < -0.39 is 0 Å². The Morgan fingerprint density at radius 1 is 1.46 bits per heavy atom. The van der Waals surface area contributed by atoms with Crippen LogP contribution >= 0.6 is 11.8 Å². The first kappa shape index (κ1) is 9.06. The molecule has 1 saturated carbocycles. The Bertz CT molecular complexity index is 268. The molecule has 1 aromatic rings. The van der Waals surface area contributed by atoms with E-state index in [0.717, 1.165) is 23.4 Å². The molecule has 72 valence electrons. The normalized spacial score (nSPS) is 18.2. The molecule has 1 aliphatic carbocycles. The fourth-order valence-electron chi connectivity index (χ4n) is 1.87. The van der Waals surface area contributed by atoms with Crippen LogP contribution < -0.4 is 0 Å². The second kappa shape index (κ2) is 4.13. The van der Waals surface area contributed by atoms with Gasteiger partial charge in [0.2, 0.25) is 11.0 Å². The summed E-state index contributed by atoms with van der Waals surface area (Å²) >= 11 is 1.53. The van der Waals surface area contributed by atoms with Crippen LogP contribution in [0.1, 0.15) is 31.6 Å². The van der Waals surface area contributed by atoms with Crippen molar-refractivity contribution < 1.29 is 4.52 Å². The highest BCUT2D eigenvalue weighted by Crippen LogP contribution is 2.27. The lowest BCUT2D eigenvalue weighted by Crippen LogP contribution is -1.98. The average Bonchev–Trinajstić information content (AvgIpc) is 2.76. The molecule has 1 aliphatic rings. The average molecular weight is 198 g/mol. The lowest BCUT2D eigenvalue weighted by Gasteiger charge is -2.02. The second-order valence-electron chi connectivity index (χ2n) is 3.53. The van der Waals surface area contributed by atoms with E-state index in [-0.39, 0.29) is 0 Å². The van der Waals surface area contributed by atoms with Crippen molar-refractivity contribution >= 4 is 11.8 Å². The second-order valence-corrected chi connectivity index (χ2v) is 4.30. The van der Waals surface area contributed by atoms with Gasteiger partial charge in [-0.25, -0.2) is 0 Å². The van der Waals surface area contributed by atoms with Crippen molar-refractivity contribution in [2.24, 2.45) is 5.92 Å². The molecule has 1 fully saturated rings. The van der Waals surface area contributed by atoms with Crippen LogP contribution in [-0.2, 0) is 6.42 Å². The zero-order valence-corrected chi connectivity index (χ0v) is 8.64. The molecule has 4 heteroatoms. The lowest BCUT2D eigenvalue weighted by molar-refractivity contribution is 0.346. The summed E-state index contributed by atoms with van der Waals surface area (Å²) in [4.78, 5) is 4.28. The van der Waals surface area contributed by atoms with Gasteiger partial charge < -0.3 is 4.52 Å². The first-order valence-corrected chi connectivity index (χ1v) is 5.97. The zero-order chi connectivity index (χ0) is 9.10. The minimum absolute atomic E-state index is 0.757. The first-order chi connectivity index (χ1) is 6.38. The van der Waals surface area contributed by atoms with E-state index >= 15 is 0 Å². The summed E-state index contributed by atoms with van der Waals surface area (Å²) in [5, 5.41) is 4.61. The van der Waals surface area contributed by atoms with E-state index in [4.69, 9.17) is 4.52 Å². The number of hydrogen-bond donors (Lipinski definition) is 0. The maximum atomic E-state index is 5.14. The van der Waals surface area contributed by atoms with E-state index in [1.54, 1.807) is 0 Å². The number of nitrogens with zero attached hydrogens (tertiary/aromatic N) is 2. The standard InChI is InChI=1S/C9H14N2OS/c1-13-9-10-8(12-11-9)6-7-4-2-3-5-7/h7H,2-6H2,1H3. The quantitative estimate of drug-likeness (QED) is 0.700. The largest absolute Gasteiger partial charge is 0.338 e. The molecule has 0 bridgehead atoms. The molecule has 0 aromatic carbocycles. The van der Waals surface area contributed by atoms with Gasteiger partial charge in [0.15, 0.2) is 0 Å². The van der Waals surface area contributed by atoms with Crippen LogP contribution in [-0.4, -0.2) is 16.4 Å². The maximum absolute atomic E-state index is 5.14. The monoisotopic (exact) mass is 198 g/mol. The van der Waals surface area contributed by atoms with Crippen molar-refractivity contribution in [3.63, 3.8) is 0 Å². The summed E-state index contributed by atoms with van der Waals surface area (Å²) < 4.78 is 5.14. The van der Waals surface area contributed by atoms with Crippen molar-refractivity contribution in [1.82, 2.24) is 10.1 Å². The van der Waals surface area contributed by atoms with Gasteiger partial charge in [0.1, 0.15) is 0 Å². The Kier molecular flexibility index (Phi) is 2.88. The molecular weight excluding hydrogens is 184 g/mol. The molecule has 0 atom stereocenters. The number of hydrogen-bond acceptors (Lipinski definition) is 4. The summed E-state index contributed by atoms with van der Waals surface area (Å²) in [6, 6.07) is 0. The van der Waals surface area contributed by atoms with Crippen LogP contribution in [0.15, 0.2) is 9.68 Å². The van der Waals surface area contributed by atoms with E-state index in [2.05, 4.69) is 10.1 Å². The summed E-state index contributed by atoms with van der Waals surface area (Å²) in [7, 11) is 0. The summed E-state index contributed by atoms with van der Waals surface area (Å²) in [6.45, 7) is 0. The van der Waals surface area contributed by atoms with Crippen LogP contribution in [0.2, 0.25) is 0 Å². The third-order valence-corrected chi connectivity index (χ3v) is 3.10. The van der Waals surface area contributed by atoms with Crippen molar-refractivity contribution in [3.05, 3.63) is 5.89 Å². The minimum Gasteiger partial charge on any atom is -0.338 e. The van der Waals surface area contributed by atoms with Crippen LogP contribution in [0.4, 0.5) is 0 Å². The molecule has 0 unspecified atom stereocenters. The molecule has 1 heterocycles. The smallest absolute Gasteiger partial charge is 0.229 e. The molecule has 3 nitrogen and oxygen atoms in total. The zero-order valence-electron chi connectivity index (χ0n) is 7.82. The molecular formula is C9H14N2OS. The molecule has 0 saturated heterocycles. The highest BCUT2D eigenvalue weighted by Gasteiger charge is 2.18. The van der Waals surface area contributed by atoms with Crippen LogP contribution in [0.25, 0.3) is 0 Å². The first-order valence-electron chi connectivity index (χ1n) is 4.75. The third kappa shape index (κ3) is 2.24. The SMILES string of the molecule is CSc1noc(CC2CCCC2)n1. The summed E-state index contributed by atoms with van der Waals surface area (Å²) in [5.41, 5.74) is 0. The van der Waals surface area contributed by atoms with E-state index in [1.807, 2.05) is 6.26 Å². The van der Waals surface area contributed by atoms with E-state index in [1.165, 1.54) is 37.4 Å². The highest BCUT2D eigenvalue weighted by atomic mass is 32.2. The van der Waals surface area contributed by atoms with E-state index in [9.17, 15) is 0 Å². The predicted octanol–water partition coefficient (Wildman–Crippen LogP) is 2.52. The van der Waals surface area contributed by atoms with Gasteiger partial charge >= 0.3 is 0 Å².